The molecule has 0 radical (unpaired) electrons. The molecule has 3 rings (SSSR count). The van der Waals surface area contributed by atoms with Gasteiger partial charge >= 0.3 is 0 Å². The van der Waals surface area contributed by atoms with E-state index in [0.717, 1.165) is 42.8 Å². The predicted octanol–water partition coefficient (Wildman–Crippen LogP) is 3.73. The van der Waals surface area contributed by atoms with E-state index >= 15 is 0 Å². The van der Waals surface area contributed by atoms with Crippen molar-refractivity contribution in [1.82, 2.24) is 19.8 Å². The fourth-order valence-electron chi connectivity index (χ4n) is 4.12. The largest absolute Gasteiger partial charge is 0.481 e. The van der Waals surface area contributed by atoms with Gasteiger partial charge < -0.3 is 14.5 Å². The number of methoxy groups -OCH3 is 1. The van der Waals surface area contributed by atoms with Crippen LogP contribution < -0.4 is 4.74 Å². The highest BCUT2D eigenvalue weighted by atomic mass is 16.5. The molecule has 0 saturated heterocycles. The maximum Gasteiger partial charge on any atom is 0.227 e. The van der Waals surface area contributed by atoms with Crippen molar-refractivity contribution in [3.8, 4) is 17.3 Å². The molecule has 0 atom stereocenters. The monoisotopic (exact) mass is 410 g/mol. The van der Waals surface area contributed by atoms with Crippen LogP contribution in [0.4, 0.5) is 0 Å². The minimum atomic E-state index is 0.140. The van der Waals surface area contributed by atoms with Crippen LogP contribution in [0.15, 0.2) is 30.3 Å². The van der Waals surface area contributed by atoms with Crippen LogP contribution in [0.1, 0.15) is 43.4 Å². The lowest BCUT2D eigenvalue weighted by Crippen LogP contribution is -2.45. The van der Waals surface area contributed by atoms with E-state index in [1.165, 1.54) is 19.3 Å². The predicted molar refractivity (Wildman–Crippen MR) is 120 cm³/mol. The lowest BCUT2D eigenvalue weighted by molar-refractivity contribution is -0.133. The molecule has 1 aliphatic carbocycles. The molecule has 2 aromatic rings. The number of hydrogen-bond acceptors (Lipinski definition) is 5. The Morgan fingerprint density at radius 2 is 1.77 bits per heavy atom. The number of aromatic nitrogens is 2. The van der Waals surface area contributed by atoms with Gasteiger partial charge in [0.05, 0.1) is 13.5 Å². The molecule has 0 unspecified atom stereocenters. The Bertz CT molecular complexity index is 833. The quantitative estimate of drug-likeness (QED) is 0.664. The Labute approximate surface area is 180 Å². The van der Waals surface area contributed by atoms with Crippen molar-refractivity contribution in [1.29, 1.82) is 0 Å². The molecule has 1 aromatic carbocycles. The molecule has 30 heavy (non-hydrogen) atoms. The standard InChI is InChI=1S/C24H34N4O2/c1-18-21(24(30-4)26-23(25-18)19-11-7-5-8-12-19)17-22(29)28(16-15-27(2)3)20-13-9-6-10-14-20/h5,7-8,11-12,20H,6,9-10,13-17H2,1-4H3. The van der Waals surface area contributed by atoms with Gasteiger partial charge in [0.2, 0.25) is 11.8 Å². The third-order valence-electron chi connectivity index (χ3n) is 5.85. The van der Waals surface area contributed by atoms with E-state index in [4.69, 9.17) is 4.74 Å². The maximum absolute atomic E-state index is 13.4. The summed E-state index contributed by atoms with van der Waals surface area (Å²) in [5, 5.41) is 0. The van der Waals surface area contributed by atoms with Gasteiger partial charge in [-0.25, -0.2) is 4.98 Å². The van der Waals surface area contributed by atoms with Gasteiger partial charge in [0.25, 0.3) is 0 Å². The number of ether oxygens (including phenoxy) is 1. The van der Waals surface area contributed by atoms with E-state index in [0.29, 0.717) is 17.7 Å². The molecule has 1 saturated carbocycles. The van der Waals surface area contributed by atoms with Gasteiger partial charge in [0.1, 0.15) is 0 Å². The third-order valence-corrected chi connectivity index (χ3v) is 5.85. The summed E-state index contributed by atoms with van der Waals surface area (Å²) < 4.78 is 5.58. The molecule has 1 amide bonds. The van der Waals surface area contributed by atoms with E-state index < -0.39 is 0 Å². The normalized spacial score (nSPS) is 14.7. The van der Waals surface area contributed by atoms with Crippen LogP contribution >= 0.6 is 0 Å². The number of carbonyl (C=O) groups excluding carboxylic acids is 1. The van der Waals surface area contributed by atoms with Crippen LogP contribution in [0, 0.1) is 6.92 Å². The Morgan fingerprint density at radius 1 is 1.07 bits per heavy atom. The lowest BCUT2D eigenvalue weighted by atomic mass is 9.93. The third kappa shape index (κ3) is 5.57. The van der Waals surface area contributed by atoms with Crippen LogP contribution in [-0.2, 0) is 11.2 Å². The molecule has 1 aromatic heterocycles. The molecular formula is C24H34N4O2. The summed E-state index contributed by atoms with van der Waals surface area (Å²) in [5.41, 5.74) is 2.52. The minimum Gasteiger partial charge on any atom is -0.481 e. The summed E-state index contributed by atoms with van der Waals surface area (Å²) in [4.78, 5) is 26.9. The fourth-order valence-corrected chi connectivity index (χ4v) is 4.12. The molecule has 0 N–H and O–H groups in total. The second-order valence-electron chi connectivity index (χ2n) is 8.35. The van der Waals surface area contributed by atoms with Gasteiger partial charge in [-0.15, -0.1) is 0 Å². The second-order valence-corrected chi connectivity index (χ2v) is 8.35. The summed E-state index contributed by atoms with van der Waals surface area (Å²) in [6.07, 6.45) is 6.14. The van der Waals surface area contributed by atoms with Crippen LogP contribution in [-0.4, -0.2) is 66.0 Å². The number of carbonyl (C=O) groups is 1. The van der Waals surface area contributed by atoms with Crippen molar-refractivity contribution in [2.75, 3.05) is 34.3 Å². The molecule has 162 valence electrons. The average Bonchev–Trinajstić information content (AvgIpc) is 2.76. The summed E-state index contributed by atoms with van der Waals surface area (Å²) in [5.74, 6) is 1.25. The van der Waals surface area contributed by atoms with Gasteiger partial charge in [0.15, 0.2) is 5.82 Å². The Morgan fingerprint density at radius 3 is 2.40 bits per heavy atom. The van der Waals surface area contributed by atoms with Crippen molar-refractivity contribution in [3.05, 3.63) is 41.6 Å². The Kier molecular flexibility index (Phi) is 7.80. The van der Waals surface area contributed by atoms with Crippen molar-refractivity contribution < 1.29 is 9.53 Å². The Hall–Kier alpha value is -2.47. The summed E-state index contributed by atoms with van der Waals surface area (Å²) in [6.45, 7) is 3.55. The number of hydrogen-bond donors (Lipinski definition) is 0. The number of benzene rings is 1. The van der Waals surface area contributed by atoms with E-state index in [2.05, 4.69) is 19.8 Å². The van der Waals surface area contributed by atoms with Crippen molar-refractivity contribution in [2.24, 2.45) is 0 Å². The number of likely N-dealkylation sites (N-methyl/N-ethyl adjacent to an activating group) is 1. The van der Waals surface area contributed by atoms with Gasteiger partial charge in [0, 0.05) is 36.0 Å². The highest BCUT2D eigenvalue weighted by molar-refractivity contribution is 5.80. The van der Waals surface area contributed by atoms with Gasteiger partial charge in [-0.05, 0) is 33.9 Å². The van der Waals surface area contributed by atoms with Gasteiger partial charge in [-0.2, -0.15) is 4.98 Å². The Balaban J connectivity index is 1.83. The average molecular weight is 411 g/mol. The van der Waals surface area contributed by atoms with Crippen LogP contribution in [0.3, 0.4) is 0 Å². The fraction of sp³-hybridized carbons (Fsp3) is 0.542. The zero-order valence-electron chi connectivity index (χ0n) is 18.7. The molecule has 6 nitrogen and oxygen atoms in total. The second kappa shape index (κ2) is 10.5. The lowest BCUT2D eigenvalue weighted by Gasteiger charge is -2.35. The number of rotatable bonds is 8. The highest BCUT2D eigenvalue weighted by Crippen LogP contribution is 2.27. The van der Waals surface area contributed by atoms with Crippen molar-refractivity contribution in [2.45, 2.75) is 51.5 Å². The van der Waals surface area contributed by atoms with Crippen LogP contribution in [0.25, 0.3) is 11.4 Å². The van der Waals surface area contributed by atoms with E-state index in [1.807, 2.05) is 51.4 Å². The summed E-state index contributed by atoms with van der Waals surface area (Å²) >= 11 is 0. The summed E-state index contributed by atoms with van der Waals surface area (Å²) in [6, 6.07) is 10.2. The van der Waals surface area contributed by atoms with Gasteiger partial charge in [-0.3, -0.25) is 4.79 Å². The molecule has 0 spiro atoms. The van der Waals surface area contributed by atoms with Crippen LogP contribution in [0.2, 0.25) is 0 Å². The molecule has 0 bridgehead atoms. The molecule has 0 aliphatic heterocycles. The van der Waals surface area contributed by atoms with Crippen molar-refractivity contribution >= 4 is 5.91 Å². The molecule has 1 aliphatic rings. The van der Waals surface area contributed by atoms with Crippen LogP contribution in [0.5, 0.6) is 5.88 Å². The highest BCUT2D eigenvalue weighted by Gasteiger charge is 2.27. The molecule has 1 fully saturated rings. The zero-order valence-corrected chi connectivity index (χ0v) is 18.7. The first-order valence-electron chi connectivity index (χ1n) is 10.9. The topological polar surface area (TPSA) is 58.6 Å². The number of amides is 1. The molecule has 1 heterocycles. The first-order chi connectivity index (χ1) is 14.5. The maximum atomic E-state index is 13.4. The smallest absolute Gasteiger partial charge is 0.227 e. The first kappa shape index (κ1) is 22.2. The molecular weight excluding hydrogens is 376 g/mol. The minimum absolute atomic E-state index is 0.140. The van der Waals surface area contributed by atoms with E-state index in [1.54, 1.807) is 7.11 Å². The van der Waals surface area contributed by atoms with Crippen molar-refractivity contribution in [3.63, 3.8) is 0 Å². The zero-order chi connectivity index (χ0) is 21.5. The number of aryl methyl sites for hydroxylation is 1. The van der Waals surface area contributed by atoms with E-state index in [9.17, 15) is 4.79 Å². The SMILES string of the molecule is COc1nc(-c2ccccc2)nc(C)c1CC(=O)N(CCN(C)C)C1CCCCC1. The number of nitrogens with zero attached hydrogens (tertiary/aromatic N) is 4. The molecule has 6 heteroatoms. The van der Waals surface area contributed by atoms with Gasteiger partial charge in [-0.1, -0.05) is 49.6 Å². The van der Waals surface area contributed by atoms with E-state index in [-0.39, 0.29) is 12.3 Å². The summed E-state index contributed by atoms with van der Waals surface area (Å²) in [7, 11) is 5.70. The first-order valence-corrected chi connectivity index (χ1v) is 10.9.